The van der Waals surface area contributed by atoms with Crippen LogP contribution < -0.4 is 11.1 Å². The van der Waals surface area contributed by atoms with E-state index < -0.39 is 17.7 Å². The van der Waals surface area contributed by atoms with Gasteiger partial charge in [-0.1, -0.05) is 97.4 Å². The van der Waals surface area contributed by atoms with Crippen LogP contribution >= 0.6 is 0 Å². The van der Waals surface area contributed by atoms with Crippen molar-refractivity contribution in [2.45, 2.75) is 50.6 Å². The minimum absolute atomic E-state index is 0.0533. The smallest absolute Gasteiger partial charge is 0.407 e. The predicted octanol–water partition coefficient (Wildman–Crippen LogP) is 4.57. The number of guanidine groups is 1. The number of amides is 2. The van der Waals surface area contributed by atoms with Crippen molar-refractivity contribution in [3.8, 4) is 0 Å². The van der Waals surface area contributed by atoms with E-state index in [9.17, 15) is 14.4 Å². The number of benzene rings is 3. The average molecular weight is 541 g/mol. The summed E-state index contributed by atoms with van der Waals surface area (Å²) < 4.78 is 5.00. The van der Waals surface area contributed by atoms with Crippen LogP contribution in [0.25, 0.3) is 0 Å². The average Bonchev–Trinajstić information content (AvgIpc) is 3.24. The Hall–Kier alpha value is -4.46. The Morgan fingerprint density at radius 2 is 1.48 bits per heavy atom. The van der Waals surface area contributed by atoms with Crippen molar-refractivity contribution in [3.05, 3.63) is 108 Å². The number of nitrogens with zero attached hydrogens (tertiary/aromatic N) is 2. The van der Waals surface area contributed by atoms with E-state index in [-0.39, 0.29) is 24.3 Å². The quantitative estimate of drug-likeness (QED) is 0.308. The molecule has 40 heavy (non-hydrogen) atoms. The highest BCUT2D eigenvalue weighted by molar-refractivity contribution is 6.09. The van der Waals surface area contributed by atoms with Gasteiger partial charge in [0.25, 0.3) is 5.91 Å². The number of aliphatic imine (C=N–C) groups is 1. The molecule has 1 atom stereocenters. The highest BCUT2D eigenvalue weighted by Gasteiger charge is 2.50. The van der Waals surface area contributed by atoms with Crippen molar-refractivity contribution in [1.82, 2.24) is 10.2 Å². The second-order valence-corrected chi connectivity index (χ2v) is 9.75. The SMILES string of the molecule is CCOC(=O)N[C@@H](Cc1ccccc1)C(=O)CCCCCN1C(=O)C(c2ccccc2)(c2ccccc2)N=C1N. The monoisotopic (exact) mass is 540 g/mol. The van der Waals surface area contributed by atoms with E-state index in [0.29, 0.717) is 38.6 Å². The van der Waals surface area contributed by atoms with Crippen LogP contribution in [0.5, 0.6) is 0 Å². The minimum Gasteiger partial charge on any atom is -0.450 e. The number of unbranched alkanes of at least 4 members (excludes halogenated alkanes) is 2. The molecule has 8 heteroatoms. The number of nitrogens with two attached hydrogens (primary N) is 1. The van der Waals surface area contributed by atoms with Crippen LogP contribution in [0.15, 0.2) is 96.0 Å². The van der Waals surface area contributed by atoms with E-state index in [1.54, 1.807) is 11.8 Å². The Bertz CT molecular complexity index is 1270. The van der Waals surface area contributed by atoms with Crippen LogP contribution in [-0.4, -0.2) is 47.8 Å². The first-order valence-electron chi connectivity index (χ1n) is 13.7. The topological polar surface area (TPSA) is 114 Å². The van der Waals surface area contributed by atoms with E-state index in [1.165, 1.54) is 0 Å². The van der Waals surface area contributed by atoms with Gasteiger partial charge in [-0.25, -0.2) is 9.79 Å². The van der Waals surface area contributed by atoms with Crippen molar-refractivity contribution in [3.63, 3.8) is 0 Å². The molecule has 3 aromatic carbocycles. The van der Waals surface area contributed by atoms with E-state index in [4.69, 9.17) is 15.5 Å². The molecule has 0 saturated carbocycles. The van der Waals surface area contributed by atoms with Crippen molar-refractivity contribution in [1.29, 1.82) is 0 Å². The third kappa shape index (κ3) is 6.57. The molecule has 0 radical (unpaired) electrons. The lowest BCUT2D eigenvalue weighted by atomic mass is 9.83. The summed E-state index contributed by atoms with van der Waals surface area (Å²) in [5, 5.41) is 2.71. The number of ketones is 1. The zero-order chi connectivity index (χ0) is 28.4. The van der Waals surface area contributed by atoms with Gasteiger partial charge >= 0.3 is 6.09 Å². The fraction of sp³-hybridized carbons (Fsp3) is 0.312. The highest BCUT2D eigenvalue weighted by Crippen LogP contribution is 2.39. The number of Topliss-reactive ketones (excluding diaryl/α,β-unsaturated/α-hetero) is 1. The van der Waals surface area contributed by atoms with Crippen LogP contribution in [-0.2, 0) is 26.3 Å². The van der Waals surface area contributed by atoms with Gasteiger partial charge in [-0.3, -0.25) is 14.5 Å². The number of hydrogen-bond donors (Lipinski definition) is 2. The summed E-state index contributed by atoms with van der Waals surface area (Å²) in [6, 6.07) is 27.9. The Labute approximate surface area is 235 Å². The third-order valence-corrected chi connectivity index (χ3v) is 7.04. The Morgan fingerprint density at radius 3 is 2.05 bits per heavy atom. The molecular weight excluding hydrogens is 504 g/mol. The largest absolute Gasteiger partial charge is 0.450 e. The molecule has 2 amide bonds. The maximum Gasteiger partial charge on any atom is 0.407 e. The van der Waals surface area contributed by atoms with Gasteiger partial charge in [0.15, 0.2) is 17.3 Å². The molecule has 3 N–H and O–H groups in total. The molecule has 1 heterocycles. The molecule has 0 spiro atoms. The molecule has 0 aromatic heterocycles. The van der Waals surface area contributed by atoms with Crippen molar-refractivity contribution >= 4 is 23.7 Å². The molecule has 0 bridgehead atoms. The molecule has 4 rings (SSSR count). The number of carbonyl (C=O) groups excluding carboxylic acids is 3. The second-order valence-electron chi connectivity index (χ2n) is 9.75. The zero-order valence-electron chi connectivity index (χ0n) is 22.8. The zero-order valence-corrected chi connectivity index (χ0v) is 22.8. The Kier molecular flexibility index (Phi) is 9.67. The molecular formula is C32H36N4O4. The van der Waals surface area contributed by atoms with Crippen molar-refractivity contribution in [2.75, 3.05) is 13.2 Å². The van der Waals surface area contributed by atoms with Gasteiger partial charge in [0.1, 0.15) is 0 Å². The van der Waals surface area contributed by atoms with E-state index >= 15 is 0 Å². The summed E-state index contributed by atoms with van der Waals surface area (Å²) >= 11 is 0. The summed E-state index contributed by atoms with van der Waals surface area (Å²) in [6.45, 7) is 2.35. The molecule has 0 aliphatic carbocycles. The van der Waals surface area contributed by atoms with Gasteiger partial charge in [-0.2, -0.15) is 0 Å². The van der Waals surface area contributed by atoms with Crippen LogP contribution in [0.2, 0.25) is 0 Å². The summed E-state index contributed by atoms with van der Waals surface area (Å²) in [5.74, 6) is -0.0437. The van der Waals surface area contributed by atoms with Crippen LogP contribution in [0.4, 0.5) is 4.79 Å². The summed E-state index contributed by atoms with van der Waals surface area (Å²) in [5.41, 5.74) is 7.59. The maximum absolute atomic E-state index is 13.9. The van der Waals surface area contributed by atoms with Gasteiger partial charge in [-0.05, 0) is 42.9 Å². The number of carbonyl (C=O) groups is 3. The normalized spacial score (nSPS) is 14.9. The summed E-state index contributed by atoms with van der Waals surface area (Å²) in [7, 11) is 0. The highest BCUT2D eigenvalue weighted by atomic mass is 16.5. The molecule has 0 saturated heterocycles. The minimum atomic E-state index is -1.22. The Balaban J connectivity index is 1.35. The molecule has 208 valence electrons. The Morgan fingerprint density at radius 1 is 0.900 bits per heavy atom. The molecule has 0 fully saturated rings. The number of alkyl carbamates (subject to hydrolysis) is 1. The lowest BCUT2D eigenvalue weighted by Gasteiger charge is -2.27. The van der Waals surface area contributed by atoms with Gasteiger partial charge in [0.05, 0.1) is 12.6 Å². The molecule has 1 aliphatic rings. The molecule has 8 nitrogen and oxygen atoms in total. The predicted molar refractivity (Wildman–Crippen MR) is 155 cm³/mol. The number of hydrogen-bond acceptors (Lipinski definition) is 6. The fourth-order valence-electron chi connectivity index (χ4n) is 5.03. The van der Waals surface area contributed by atoms with Gasteiger partial charge in [0, 0.05) is 13.0 Å². The molecule has 0 unspecified atom stereocenters. The lowest BCUT2D eigenvalue weighted by molar-refractivity contribution is -0.130. The standard InChI is InChI=1S/C32H36N4O4/c1-2-40-31(39)34-27(23-24-15-7-3-8-16-24)28(37)21-13-6-14-22-36-29(38)32(35-30(36)33,25-17-9-4-10-18-25)26-19-11-5-12-20-26/h3-5,7-12,15-20,27H,2,6,13-14,21-23H2,1H3,(H2,33,35)(H,34,39)/t27-/m0/s1. The maximum atomic E-state index is 13.9. The first kappa shape index (κ1) is 28.5. The van der Waals surface area contributed by atoms with Crippen LogP contribution in [0.3, 0.4) is 0 Å². The van der Waals surface area contributed by atoms with Crippen molar-refractivity contribution < 1.29 is 19.1 Å². The molecule has 1 aliphatic heterocycles. The third-order valence-electron chi connectivity index (χ3n) is 7.04. The summed E-state index contributed by atoms with van der Waals surface area (Å²) in [4.78, 5) is 45.2. The van der Waals surface area contributed by atoms with Gasteiger partial charge in [0.2, 0.25) is 0 Å². The fourth-order valence-corrected chi connectivity index (χ4v) is 5.03. The van der Waals surface area contributed by atoms with Crippen LogP contribution in [0, 0.1) is 0 Å². The van der Waals surface area contributed by atoms with Gasteiger partial charge in [-0.15, -0.1) is 0 Å². The lowest BCUT2D eigenvalue weighted by Crippen LogP contribution is -2.44. The van der Waals surface area contributed by atoms with E-state index in [0.717, 1.165) is 16.7 Å². The van der Waals surface area contributed by atoms with Crippen molar-refractivity contribution in [2.24, 2.45) is 10.7 Å². The van der Waals surface area contributed by atoms with E-state index in [1.807, 2.05) is 91.0 Å². The first-order chi connectivity index (χ1) is 19.5. The van der Waals surface area contributed by atoms with E-state index in [2.05, 4.69) is 5.32 Å². The first-order valence-corrected chi connectivity index (χ1v) is 13.7. The second kappa shape index (κ2) is 13.6. The van der Waals surface area contributed by atoms with Gasteiger partial charge < -0.3 is 15.8 Å². The summed E-state index contributed by atoms with van der Waals surface area (Å²) in [6.07, 6.45) is 2.09. The number of rotatable bonds is 13. The van der Waals surface area contributed by atoms with Crippen LogP contribution in [0.1, 0.15) is 49.3 Å². The number of nitrogens with one attached hydrogen (secondary N) is 1. The molecule has 3 aromatic rings. The number of ether oxygens (including phenoxy) is 1.